The summed E-state index contributed by atoms with van der Waals surface area (Å²) in [5.41, 5.74) is 0.477. The molecule has 0 aromatic carbocycles. The van der Waals surface area contributed by atoms with Crippen molar-refractivity contribution in [1.82, 2.24) is 14.9 Å². The average molecular weight is 357 g/mol. The van der Waals surface area contributed by atoms with Crippen LogP contribution in [0.3, 0.4) is 0 Å². The highest BCUT2D eigenvalue weighted by Crippen LogP contribution is 2.50. The molecule has 4 rings (SSSR count). The second-order valence-corrected chi connectivity index (χ2v) is 7.63. The van der Waals surface area contributed by atoms with Crippen LogP contribution >= 0.6 is 0 Å². The van der Waals surface area contributed by atoms with E-state index in [4.69, 9.17) is 9.73 Å². The van der Waals surface area contributed by atoms with Crippen molar-refractivity contribution in [2.24, 2.45) is 16.8 Å². The Hall–Kier alpha value is -2.02. The molecule has 2 fully saturated rings. The summed E-state index contributed by atoms with van der Waals surface area (Å²) in [4.78, 5) is 31.4. The van der Waals surface area contributed by atoms with Gasteiger partial charge in [-0.25, -0.2) is 9.97 Å². The molecule has 7 nitrogen and oxygen atoms in total. The molecule has 2 aliphatic heterocycles. The molecule has 1 saturated carbocycles. The van der Waals surface area contributed by atoms with Crippen LogP contribution in [0.1, 0.15) is 31.7 Å². The van der Waals surface area contributed by atoms with Crippen LogP contribution in [0, 0.1) is 18.8 Å². The Morgan fingerprint density at radius 1 is 1.31 bits per heavy atom. The van der Waals surface area contributed by atoms with Gasteiger partial charge < -0.3 is 9.64 Å². The molecule has 0 radical (unpaired) electrons. The summed E-state index contributed by atoms with van der Waals surface area (Å²) >= 11 is 0. The Bertz CT molecular complexity index is 719. The van der Waals surface area contributed by atoms with E-state index in [1.165, 1.54) is 0 Å². The van der Waals surface area contributed by atoms with Crippen molar-refractivity contribution in [2.75, 3.05) is 38.3 Å². The van der Waals surface area contributed by atoms with E-state index in [2.05, 4.69) is 21.8 Å². The first-order valence-electron chi connectivity index (χ1n) is 9.52. The number of carbonyl (C=O) groups is 1. The van der Waals surface area contributed by atoms with E-state index in [1.807, 2.05) is 24.2 Å². The molecule has 3 heterocycles. The van der Waals surface area contributed by atoms with E-state index in [0.29, 0.717) is 19.1 Å². The van der Waals surface area contributed by atoms with Crippen molar-refractivity contribution in [3.8, 4) is 0 Å². The van der Waals surface area contributed by atoms with E-state index in [1.54, 1.807) is 7.11 Å². The van der Waals surface area contributed by atoms with Crippen LogP contribution in [0.2, 0.25) is 0 Å². The highest BCUT2D eigenvalue weighted by molar-refractivity contribution is 6.08. The Balaban J connectivity index is 1.58. The molecule has 1 aliphatic carbocycles. The number of ether oxygens (including phenoxy) is 1. The minimum absolute atomic E-state index is 0.172. The zero-order valence-corrected chi connectivity index (χ0v) is 15.8. The average Bonchev–Trinajstić information content (AvgIpc) is 3.29. The second kappa shape index (κ2) is 6.61. The van der Waals surface area contributed by atoms with Crippen molar-refractivity contribution >= 4 is 17.7 Å². The van der Waals surface area contributed by atoms with Gasteiger partial charge in [0.05, 0.1) is 13.2 Å². The number of nitrogens with zero attached hydrogens (tertiary/aromatic N) is 5. The molecule has 1 aromatic rings. The molecule has 140 valence electrons. The minimum Gasteiger partial charge on any atom is -0.383 e. The molecule has 1 spiro atoms. The van der Waals surface area contributed by atoms with E-state index in [-0.39, 0.29) is 11.8 Å². The maximum absolute atomic E-state index is 13.3. The molecule has 3 atom stereocenters. The van der Waals surface area contributed by atoms with Crippen LogP contribution < -0.4 is 4.90 Å². The first-order chi connectivity index (χ1) is 12.6. The maximum Gasteiger partial charge on any atom is 0.256 e. The lowest BCUT2D eigenvalue weighted by atomic mass is 9.85. The summed E-state index contributed by atoms with van der Waals surface area (Å²) in [5.74, 6) is 2.58. The number of carbonyl (C=O) groups excluding carboxylic acids is 1. The quantitative estimate of drug-likeness (QED) is 0.802. The van der Waals surface area contributed by atoms with Gasteiger partial charge in [-0.05, 0) is 31.2 Å². The molecule has 0 bridgehead atoms. The number of hydrogen-bond acceptors (Lipinski definition) is 6. The number of aryl methyl sites for hydroxylation is 1. The van der Waals surface area contributed by atoms with E-state index in [0.717, 1.165) is 49.7 Å². The zero-order chi connectivity index (χ0) is 18.3. The third-order valence-corrected chi connectivity index (χ3v) is 6.09. The number of aromatic nitrogens is 2. The summed E-state index contributed by atoms with van der Waals surface area (Å²) in [5, 5.41) is 0. The van der Waals surface area contributed by atoms with Gasteiger partial charge in [-0.3, -0.25) is 14.7 Å². The molecule has 1 amide bonds. The van der Waals surface area contributed by atoms with Gasteiger partial charge >= 0.3 is 0 Å². The highest BCUT2D eigenvalue weighted by Gasteiger charge is 2.61. The van der Waals surface area contributed by atoms with Crippen molar-refractivity contribution in [3.05, 3.63) is 18.0 Å². The SMILES string of the molecule is CCC1=N[C@]2(CC[C@H]3CN(c4ncc(C)cn4)C[C@H]32)C(=O)N1CCOC. The van der Waals surface area contributed by atoms with Gasteiger partial charge in [-0.1, -0.05) is 6.92 Å². The molecule has 1 aromatic heterocycles. The predicted molar refractivity (Wildman–Crippen MR) is 99.2 cm³/mol. The smallest absolute Gasteiger partial charge is 0.256 e. The third kappa shape index (κ3) is 2.60. The standard InChI is InChI=1S/C19H27N5O2/c1-4-16-22-19(17(25)24(16)7-8-26-3)6-5-14-11-23(12-15(14)19)18-20-9-13(2)10-21-18/h9-10,14-15H,4-8,11-12H2,1-3H3/t14-,15+,19-/m0/s1. The molecule has 1 saturated heterocycles. The number of fused-ring (bicyclic) bond motifs is 2. The van der Waals surface area contributed by atoms with Crippen LogP contribution in [0.5, 0.6) is 0 Å². The van der Waals surface area contributed by atoms with Gasteiger partial charge in [0.25, 0.3) is 5.91 Å². The molecule has 0 unspecified atom stereocenters. The van der Waals surface area contributed by atoms with E-state index < -0.39 is 5.54 Å². The number of methoxy groups -OCH3 is 1. The van der Waals surface area contributed by atoms with Crippen molar-refractivity contribution in [1.29, 1.82) is 0 Å². The Morgan fingerprint density at radius 2 is 2.08 bits per heavy atom. The van der Waals surface area contributed by atoms with E-state index >= 15 is 0 Å². The molecule has 3 aliphatic rings. The lowest BCUT2D eigenvalue weighted by Gasteiger charge is -2.28. The summed E-state index contributed by atoms with van der Waals surface area (Å²) in [6.07, 6.45) is 6.38. The van der Waals surface area contributed by atoms with Gasteiger partial charge in [-0.2, -0.15) is 0 Å². The van der Waals surface area contributed by atoms with Gasteiger partial charge in [0.15, 0.2) is 0 Å². The number of amidine groups is 1. The molecular weight excluding hydrogens is 330 g/mol. The van der Waals surface area contributed by atoms with Crippen molar-refractivity contribution in [3.63, 3.8) is 0 Å². The number of rotatable bonds is 5. The number of aliphatic imine (C=N–C) groups is 1. The second-order valence-electron chi connectivity index (χ2n) is 7.63. The van der Waals surface area contributed by atoms with Gasteiger partial charge in [0.1, 0.15) is 11.4 Å². The minimum atomic E-state index is -0.580. The third-order valence-electron chi connectivity index (χ3n) is 6.09. The predicted octanol–water partition coefficient (Wildman–Crippen LogP) is 1.67. The Morgan fingerprint density at radius 3 is 2.77 bits per heavy atom. The maximum atomic E-state index is 13.3. The normalized spacial score (nSPS) is 30.4. The lowest BCUT2D eigenvalue weighted by molar-refractivity contribution is -0.132. The largest absolute Gasteiger partial charge is 0.383 e. The first-order valence-corrected chi connectivity index (χ1v) is 9.52. The Labute approximate surface area is 154 Å². The van der Waals surface area contributed by atoms with Crippen molar-refractivity contribution in [2.45, 2.75) is 38.6 Å². The lowest BCUT2D eigenvalue weighted by Crippen LogP contribution is -2.47. The van der Waals surface area contributed by atoms with Crippen LogP contribution in [0.15, 0.2) is 17.4 Å². The number of amides is 1. The van der Waals surface area contributed by atoms with Crippen LogP contribution in [-0.2, 0) is 9.53 Å². The Kier molecular flexibility index (Phi) is 4.42. The van der Waals surface area contributed by atoms with Gasteiger partial charge in [-0.15, -0.1) is 0 Å². The summed E-state index contributed by atoms with van der Waals surface area (Å²) in [6, 6.07) is 0. The fraction of sp³-hybridized carbons (Fsp3) is 0.684. The van der Waals surface area contributed by atoms with Crippen LogP contribution in [0.25, 0.3) is 0 Å². The monoisotopic (exact) mass is 357 g/mol. The fourth-order valence-electron chi connectivity index (χ4n) is 4.78. The zero-order valence-electron chi connectivity index (χ0n) is 15.8. The molecule has 0 N–H and O–H groups in total. The van der Waals surface area contributed by atoms with Crippen molar-refractivity contribution < 1.29 is 9.53 Å². The number of hydrogen-bond donors (Lipinski definition) is 0. The number of anilines is 1. The van der Waals surface area contributed by atoms with E-state index in [9.17, 15) is 4.79 Å². The first kappa shape index (κ1) is 17.4. The summed E-state index contributed by atoms with van der Waals surface area (Å²) < 4.78 is 5.19. The van der Waals surface area contributed by atoms with Crippen LogP contribution in [0.4, 0.5) is 5.95 Å². The molecular formula is C19H27N5O2. The molecule has 7 heteroatoms. The summed E-state index contributed by atoms with van der Waals surface area (Å²) in [7, 11) is 1.67. The van der Waals surface area contributed by atoms with Gasteiger partial charge in [0, 0.05) is 44.9 Å². The summed E-state index contributed by atoms with van der Waals surface area (Å²) in [6.45, 7) is 6.91. The highest BCUT2D eigenvalue weighted by atomic mass is 16.5. The fourth-order valence-corrected chi connectivity index (χ4v) is 4.78. The van der Waals surface area contributed by atoms with Crippen LogP contribution in [-0.4, -0.2) is 65.5 Å². The van der Waals surface area contributed by atoms with Gasteiger partial charge in [0.2, 0.25) is 5.95 Å². The topological polar surface area (TPSA) is 70.9 Å². The molecule has 26 heavy (non-hydrogen) atoms.